The Hall–Kier alpha value is -1.36. The summed E-state index contributed by atoms with van der Waals surface area (Å²) in [6, 6.07) is -0.974. The van der Waals surface area contributed by atoms with Crippen LogP contribution in [0.3, 0.4) is 0 Å². The number of carbonyl (C=O) groups excluding carboxylic acids is 1. The number of hydrogen-bond donors (Lipinski definition) is 2. The third-order valence-electron chi connectivity index (χ3n) is 1.29. The Labute approximate surface area is 63.6 Å². The van der Waals surface area contributed by atoms with Gasteiger partial charge in [-0.2, -0.15) is 0 Å². The summed E-state index contributed by atoms with van der Waals surface area (Å²) in [5, 5.41) is 12.8. The molecule has 1 radical (unpaired) electrons. The third kappa shape index (κ3) is 2.05. The second-order valence-electron chi connectivity index (χ2n) is 2.19. The minimum Gasteiger partial charge on any atom is -0.548 e. The van der Waals surface area contributed by atoms with Gasteiger partial charge in [-0.05, 0) is 0 Å². The Morgan fingerprint density at radius 3 is 3.09 bits per heavy atom. The van der Waals surface area contributed by atoms with Crippen molar-refractivity contribution in [3.05, 3.63) is 11.9 Å². The molecule has 59 valence electrons. The molecule has 11 heavy (non-hydrogen) atoms. The fourth-order valence-corrected chi connectivity index (χ4v) is 0.711. The number of carbonyl (C=O) groups is 1. The first-order valence-electron chi connectivity index (χ1n) is 3.14. The van der Waals surface area contributed by atoms with Gasteiger partial charge < -0.3 is 15.6 Å². The molecule has 1 heterocycles. The second kappa shape index (κ2) is 3.16. The summed E-state index contributed by atoms with van der Waals surface area (Å²) >= 11 is 0. The number of carboxylic acids is 1. The maximum absolute atomic E-state index is 10.2. The topological polar surface area (TPSA) is 92.3 Å². The highest BCUT2D eigenvalue weighted by molar-refractivity contribution is 5.71. The predicted octanol–water partition coefficient (Wildman–Crippen LogP) is -2.74. The Morgan fingerprint density at radius 2 is 2.64 bits per heavy atom. The zero-order valence-electron chi connectivity index (χ0n) is 5.78. The molecule has 0 saturated heterocycles. The minimum absolute atomic E-state index is 0.200. The molecule has 0 spiro atoms. The highest BCUT2D eigenvalue weighted by Gasteiger charge is 2.13. The van der Waals surface area contributed by atoms with Gasteiger partial charge >= 0.3 is 0 Å². The Balaban J connectivity index is 2.42. The smallest absolute Gasteiger partial charge is 0.284 e. The van der Waals surface area contributed by atoms with E-state index in [0.29, 0.717) is 5.70 Å². The molecule has 0 aromatic carbocycles. The van der Waals surface area contributed by atoms with Crippen LogP contribution in [0.15, 0.2) is 11.9 Å². The van der Waals surface area contributed by atoms with Crippen LogP contribution in [0.5, 0.6) is 0 Å². The molecule has 1 atom stereocenters. The van der Waals surface area contributed by atoms with E-state index in [1.54, 1.807) is 6.20 Å². The van der Waals surface area contributed by atoms with Crippen LogP contribution in [0.4, 0.5) is 0 Å². The number of aliphatic carboxylic acids is 1. The molecule has 1 aliphatic rings. The van der Waals surface area contributed by atoms with Gasteiger partial charge in [0.1, 0.15) is 6.20 Å². The Kier molecular flexibility index (Phi) is 2.22. The van der Waals surface area contributed by atoms with Crippen LogP contribution in [0.25, 0.3) is 0 Å². The maximum atomic E-state index is 10.2. The van der Waals surface area contributed by atoms with Gasteiger partial charge in [-0.3, -0.25) is 0 Å². The molecule has 0 aromatic heterocycles. The lowest BCUT2D eigenvalue weighted by molar-refractivity contribution is -0.307. The van der Waals surface area contributed by atoms with E-state index in [2.05, 4.69) is 10.3 Å². The Bertz CT molecular complexity index is 222. The van der Waals surface area contributed by atoms with Crippen molar-refractivity contribution in [1.82, 2.24) is 10.3 Å². The van der Waals surface area contributed by atoms with Gasteiger partial charge in [0, 0.05) is 6.42 Å². The molecule has 0 aromatic rings. The first-order valence-corrected chi connectivity index (χ1v) is 3.14. The number of hydrogen-bond acceptors (Lipinski definition) is 5. The van der Waals surface area contributed by atoms with Crippen molar-refractivity contribution < 1.29 is 9.90 Å². The van der Waals surface area contributed by atoms with Crippen molar-refractivity contribution in [2.24, 2.45) is 5.73 Å². The lowest BCUT2D eigenvalue weighted by atomic mass is 10.2. The quantitative estimate of drug-likeness (QED) is 0.461. The number of nitrogens with two attached hydrogens (primary N) is 1. The first-order chi connectivity index (χ1) is 5.20. The molecular weight excluding hydrogens is 146 g/mol. The van der Waals surface area contributed by atoms with E-state index in [-0.39, 0.29) is 6.42 Å². The molecule has 5 heteroatoms. The van der Waals surface area contributed by atoms with Gasteiger partial charge in [0.05, 0.1) is 12.0 Å². The van der Waals surface area contributed by atoms with E-state index in [1.165, 1.54) is 6.34 Å². The molecule has 0 bridgehead atoms. The molecule has 5 nitrogen and oxygen atoms in total. The van der Waals surface area contributed by atoms with Gasteiger partial charge in [-0.25, -0.2) is 5.32 Å². The van der Waals surface area contributed by atoms with Gasteiger partial charge in [0.2, 0.25) is 0 Å². The predicted molar refractivity (Wildman–Crippen MR) is 37.0 cm³/mol. The van der Waals surface area contributed by atoms with E-state index in [1.807, 2.05) is 0 Å². The molecule has 1 rings (SSSR count). The minimum atomic E-state index is -1.26. The van der Waals surface area contributed by atoms with Crippen LogP contribution in [0.1, 0.15) is 6.42 Å². The van der Waals surface area contributed by atoms with E-state index < -0.39 is 12.0 Å². The molecule has 1 unspecified atom stereocenters. The molecule has 0 fully saturated rings. The van der Waals surface area contributed by atoms with Crippen molar-refractivity contribution in [1.29, 1.82) is 0 Å². The third-order valence-corrected chi connectivity index (χ3v) is 1.29. The summed E-state index contributed by atoms with van der Waals surface area (Å²) in [7, 11) is 0. The normalized spacial score (nSPS) is 17.4. The number of rotatable bonds is 3. The highest BCUT2D eigenvalue weighted by atomic mass is 16.4. The summed E-state index contributed by atoms with van der Waals surface area (Å²) in [4.78, 5) is 14.0. The van der Waals surface area contributed by atoms with Crippen LogP contribution in [0, 0.1) is 0 Å². The molecule has 1 aliphatic heterocycles. The fraction of sp³-hybridized carbons (Fsp3) is 0.333. The van der Waals surface area contributed by atoms with Crippen molar-refractivity contribution in [3.63, 3.8) is 0 Å². The van der Waals surface area contributed by atoms with Gasteiger partial charge in [-0.15, -0.1) is 0 Å². The van der Waals surface area contributed by atoms with Crippen LogP contribution in [0.2, 0.25) is 0 Å². The lowest BCUT2D eigenvalue weighted by Crippen LogP contribution is -2.42. The molecule has 0 amide bonds. The summed E-state index contributed by atoms with van der Waals surface area (Å²) in [5.41, 5.74) is 5.82. The van der Waals surface area contributed by atoms with Crippen molar-refractivity contribution in [2.45, 2.75) is 12.5 Å². The largest absolute Gasteiger partial charge is 0.548 e. The first kappa shape index (κ1) is 7.74. The van der Waals surface area contributed by atoms with Crippen molar-refractivity contribution in [2.75, 3.05) is 0 Å². The average molecular weight is 154 g/mol. The summed E-state index contributed by atoms with van der Waals surface area (Å²) < 4.78 is 0. The molecule has 3 N–H and O–H groups in total. The second-order valence-corrected chi connectivity index (χ2v) is 2.19. The van der Waals surface area contributed by atoms with E-state index in [9.17, 15) is 9.90 Å². The van der Waals surface area contributed by atoms with E-state index in [4.69, 9.17) is 5.73 Å². The summed E-state index contributed by atoms with van der Waals surface area (Å²) in [6.45, 7) is 0. The lowest BCUT2D eigenvalue weighted by Gasteiger charge is -2.08. The van der Waals surface area contributed by atoms with Crippen LogP contribution >= 0.6 is 0 Å². The highest BCUT2D eigenvalue weighted by Crippen LogP contribution is 1.99. The van der Waals surface area contributed by atoms with Crippen molar-refractivity contribution in [3.8, 4) is 0 Å². The average Bonchev–Trinajstić information content (AvgIpc) is 2.39. The summed E-state index contributed by atoms with van der Waals surface area (Å²) in [6.07, 6.45) is 3.27. The molecule has 0 saturated carbocycles. The van der Waals surface area contributed by atoms with Gasteiger partial charge in [0.15, 0.2) is 5.70 Å². The van der Waals surface area contributed by atoms with Crippen LogP contribution in [-0.2, 0) is 4.79 Å². The van der Waals surface area contributed by atoms with Gasteiger partial charge in [-0.1, -0.05) is 4.99 Å². The SMILES string of the molecule is NC(CC1=CNC=[N+]1)C(=O)[O-]. The Morgan fingerprint density at radius 1 is 1.91 bits per heavy atom. The maximum Gasteiger partial charge on any atom is 0.284 e. The number of nitrogens with zero attached hydrogens (tertiary/aromatic N) is 1. The number of nitrogens with one attached hydrogen (secondary N) is 1. The van der Waals surface area contributed by atoms with Gasteiger partial charge in [0.25, 0.3) is 6.34 Å². The zero-order chi connectivity index (χ0) is 8.27. The number of aliphatic imine (C=N–C) groups is 1. The monoisotopic (exact) mass is 154 g/mol. The van der Waals surface area contributed by atoms with Crippen LogP contribution < -0.4 is 21.1 Å². The molecular formula is C6H8N3O2. The van der Waals surface area contributed by atoms with E-state index >= 15 is 0 Å². The van der Waals surface area contributed by atoms with E-state index in [0.717, 1.165) is 0 Å². The fourth-order valence-electron chi connectivity index (χ4n) is 0.711. The molecule has 0 aliphatic carbocycles. The van der Waals surface area contributed by atoms with Crippen LogP contribution in [-0.4, -0.2) is 18.3 Å². The summed E-state index contributed by atoms with van der Waals surface area (Å²) in [5.74, 6) is -1.26. The zero-order valence-corrected chi connectivity index (χ0v) is 5.78. The standard InChI is InChI=1S/C6H9N3O2/c7-5(6(10)11)1-4-2-8-3-9-4/h2-3,5,8H,1,7H2,(H,10,11)/q+1/p-1. The van der Waals surface area contributed by atoms with Crippen molar-refractivity contribution >= 4 is 12.3 Å². The number of carboxylic acid groups (broad SMARTS) is 1.